The topological polar surface area (TPSA) is 40.5 Å². The van der Waals surface area contributed by atoms with Gasteiger partial charge in [0.15, 0.2) is 0 Å². The number of carbonyl (C=O) groups is 1. The van der Waals surface area contributed by atoms with Gasteiger partial charge in [0.25, 0.3) is 0 Å². The van der Waals surface area contributed by atoms with E-state index in [1.807, 2.05) is 36.4 Å². The van der Waals surface area contributed by atoms with Crippen molar-refractivity contribution in [1.29, 1.82) is 0 Å². The van der Waals surface area contributed by atoms with Gasteiger partial charge >= 0.3 is 5.97 Å². The van der Waals surface area contributed by atoms with Gasteiger partial charge in [-0.2, -0.15) is 0 Å². The normalized spacial score (nSPS) is 18.0. The number of hydrogen-bond acceptors (Lipinski definition) is 2. The molecule has 27 heavy (non-hydrogen) atoms. The highest BCUT2D eigenvalue weighted by Crippen LogP contribution is 2.31. The van der Waals surface area contributed by atoms with Crippen molar-refractivity contribution >= 4 is 23.6 Å². The van der Waals surface area contributed by atoms with Crippen LogP contribution in [0.15, 0.2) is 54.6 Å². The maximum Gasteiger partial charge on any atom is 0.307 e. The van der Waals surface area contributed by atoms with E-state index >= 15 is 0 Å². The zero-order valence-corrected chi connectivity index (χ0v) is 16.2. The molecule has 3 rings (SSSR count). The predicted molar refractivity (Wildman–Crippen MR) is 112 cm³/mol. The minimum atomic E-state index is -0.657. The molecule has 1 atom stereocenters. The summed E-state index contributed by atoms with van der Waals surface area (Å²) in [5.74, 6) is -0.854. The van der Waals surface area contributed by atoms with Gasteiger partial charge in [0.05, 0.1) is 5.92 Å². The minimum Gasteiger partial charge on any atom is -0.481 e. The number of nitrogens with zero attached hydrogens (tertiary/aromatic N) is 1. The first-order valence-electron chi connectivity index (χ1n) is 9.61. The van der Waals surface area contributed by atoms with Gasteiger partial charge < -0.3 is 10.0 Å². The average Bonchev–Trinajstić information content (AvgIpc) is 2.69. The van der Waals surface area contributed by atoms with Crippen LogP contribution in [0.3, 0.4) is 0 Å². The first kappa shape index (κ1) is 19.7. The highest BCUT2D eigenvalue weighted by atomic mass is 35.5. The van der Waals surface area contributed by atoms with E-state index in [1.54, 1.807) is 0 Å². The summed E-state index contributed by atoms with van der Waals surface area (Å²) in [6.07, 6.45) is 8.17. The van der Waals surface area contributed by atoms with Crippen LogP contribution in [-0.4, -0.2) is 35.6 Å². The molecule has 2 aromatic carbocycles. The number of unbranched alkanes of at least 4 members (excludes halogenated alkanes) is 1. The third-order valence-corrected chi connectivity index (χ3v) is 5.45. The monoisotopic (exact) mass is 383 g/mol. The Balaban J connectivity index is 1.55. The molecule has 4 heteroatoms. The number of carboxylic acid groups (broad SMARTS) is 1. The number of carboxylic acids is 1. The van der Waals surface area contributed by atoms with Crippen LogP contribution in [0, 0.1) is 5.92 Å². The molecule has 1 aliphatic rings. The lowest BCUT2D eigenvalue weighted by atomic mass is 9.98. The van der Waals surface area contributed by atoms with Crippen LogP contribution in [0.2, 0.25) is 5.02 Å². The van der Waals surface area contributed by atoms with E-state index in [-0.39, 0.29) is 5.92 Å². The summed E-state index contributed by atoms with van der Waals surface area (Å²) in [4.78, 5) is 13.4. The fourth-order valence-electron chi connectivity index (χ4n) is 3.67. The second-order valence-electron chi connectivity index (χ2n) is 7.09. The average molecular weight is 384 g/mol. The lowest BCUT2D eigenvalue weighted by molar-refractivity contribution is -0.143. The summed E-state index contributed by atoms with van der Waals surface area (Å²) in [6.45, 7) is 2.66. The third kappa shape index (κ3) is 5.44. The Hall–Kier alpha value is -2.10. The Kier molecular flexibility index (Phi) is 7.08. The van der Waals surface area contributed by atoms with Crippen molar-refractivity contribution in [3.8, 4) is 11.1 Å². The SMILES string of the molecule is O=C(O)C1CCCN(CCC/C=C/c2ccccc2-c2ccccc2Cl)C1. The van der Waals surface area contributed by atoms with E-state index in [9.17, 15) is 9.90 Å². The van der Waals surface area contributed by atoms with Crippen molar-refractivity contribution in [2.24, 2.45) is 5.92 Å². The Morgan fingerprint density at radius 2 is 1.89 bits per heavy atom. The Bertz CT molecular complexity index is 802. The molecule has 0 spiro atoms. The molecule has 0 aromatic heterocycles. The van der Waals surface area contributed by atoms with Crippen LogP contribution in [0.4, 0.5) is 0 Å². The highest BCUT2D eigenvalue weighted by Gasteiger charge is 2.24. The van der Waals surface area contributed by atoms with Crippen LogP contribution >= 0.6 is 11.6 Å². The summed E-state index contributed by atoms with van der Waals surface area (Å²) in [5.41, 5.74) is 3.35. The smallest absolute Gasteiger partial charge is 0.307 e. The van der Waals surface area contributed by atoms with Gasteiger partial charge in [-0.05, 0) is 56.0 Å². The van der Waals surface area contributed by atoms with Crippen molar-refractivity contribution in [3.63, 3.8) is 0 Å². The molecule has 142 valence electrons. The van der Waals surface area contributed by atoms with E-state index in [0.29, 0.717) is 6.54 Å². The summed E-state index contributed by atoms with van der Waals surface area (Å²) >= 11 is 6.36. The molecule has 1 N–H and O–H groups in total. The van der Waals surface area contributed by atoms with Crippen LogP contribution in [-0.2, 0) is 4.79 Å². The second kappa shape index (κ2) is 9.72. The molecule has 2 aromatic rings. The predicted octanol–water partition coefficient (Wildman–Crippen LogP) is 5.60. The Morgan fingerprint density at radius 3 is 2.67 bits per heavy atom. The molecule has 1 saturated heterocycles. The summed E-state index contributed by atoms with van der Waals surface area (Å²) in [7, 11) is 0. The number of piperidine rings is 1. The molecule has 1 aliphatic heterocycles. The van der Waals surface area contributed by atoms with Gasteiger partial charge in [-0.25, -0.2) is 0 Å². The summed E-state index contributed by atoms with van der Waals surface area (Å²) in [5, 5.41) is 9.94. The number of aliphatic carboxylic acids is 1. The van der Waals surface area contributed by atoms with Crippen molar-refractivity contribution in [3.05, 3.63) is 65.2 Å². The van der Waals surface area contributed by atoms with E-state index in [0.717, 1.165) is 60.5 Å². The molecular weight excluding hydrogens is 358 g/mol. The summed E-state index contributed by atoms with van der Waals surface area (Å²) in [6, 6.07) is 16.2. The van der Waals surface area contributed by atoms with E-state index in [4.69, 9.17) is 11.6 Å². The van der Waals surface area contributed by atoms with Crippen LogP contribution in [0.1, 0.15) is 31.2 Å². The molecule has 1 fully saturated rings. The maximum atomic E-state index is 11.2. The third-order valence-electron chi connectivity index (χ3n) is 5.12. The molecule has 0 radical (unpaired) electrons. The molecule has 0 saturated carbocycles. The van der Waals surface area contributed by atoms with E-state index in [2.05, 4.69) is 29.2 Å². The largest absolute Gasteiger partial charge is 0.481 e. The number of allylic oxidation sites excluding steroid dienone is 1. The molecule has 1 heterocycles. The van der Waals surface area contributed by atoms with Gasteiger partial charge in [-0.1, -0.05) is 66.2 Å². The maximum absolute atomic E-state index is 11.2. The van der Waals surface area contributed by atoms with Crippen LogP contribution < -0.4 is 0 Å². The zero-order valence-electron chi connectivity index (χ0n) is 15.5. The minimum absolute atomic E-state index is 0.197. The zero-order chi connectivity index (χ0) is 19.1. The number of likely N-dealkylation sites (tertiary alicyclic amines) is 1. The van der Waals surface area contributed by atoms with Crippen molar-refractivity contribution in [2.45, 2.75) is 25.7 Å². The van der Waals surface area contributed by atoms with Crippen molar-refractivity contribution in [2.75, 3.05) is 19.6 Å². The quantitative estimate of drug-likeness (QED) is 0.633. The molecule has 0 bridgehead atoms. The van der Waals surface area contributed by atoms with Gasteiger partial charge in [0, 0.05) is 17.1 Å². The molecular formula is C23H26ClNO2. The van der Waals surface area contributed by atoms with Gasteiger partial charge in [0.1, 0.15) is 0 Å². The highest BCUT2D eigenvalue weighted by molar-refractivity contribution is 6.33. The molecule has 0 aliphatic carbocycles. The molecule has 1 unspecified atom stereocenters. The second-order valence-corrected chi connectivity index (χ2v) is 7.50. The molecule has 3 nitrogen and oxygen atoms in total. The number of benzene rings is 2. The number of rotatable bonds is 7. The standard InChI is InChI=1S/C23H26ClNO2/c24-22-14-6-5-13-21(22)20-12-4-3-10-18(20)9-2-1-7-15-25-16-8-11-19(17-25)23(26)27/h2-6,9-10,12-14,19H,1,7-8,11,15-17H2,(H,26,27)/b9-2+. The fourth-order valence-corrected chi connectivity index (χ4v) is 3.91. The van der Waals surface area contributed by atoms with E-state index < -0.39 is 5.97 Å². The lowest BCUT2D eigenvalue weighted by Crippen LogP contribution is -2.39. The molecule has 0 amide bonds. The van der Waals surface area contributed by atoms with Gasteiger partial charge in [0.2, 0.25) is 0 Å². The van der Waals surface area contributed by atoms with Crippen molar-refractivity contribution < 1.29 is 9.90 Å². The first-order chi connectivity index (χ1) is 13.1. The number of halogens is 1. The Labute approximate surface area is 166 Å². The van der Waals surface area contributed by atoms with E-state index in [1.165, 1.54) is 0 Å². The number of hydrogen-bond donors (Lipinski definition) is 1. The van der Waals surface area contributed by atoms with Gasteiger partial charge in [-0.15, -0.1) is 0 Å². The first-order valence-corrected chi connectivity index (χ1v) is 9.98. The Morgan fingerprint density at radius 1 is 1.15 bits per heavy atom. The van der Waals surface area contributed by atoms with Crippen LogP contribution in [0.25, 0.3) is 17.2 Å². The fraction of sp³-hybridized carbons (Fsp3) is 0.348. The lowest BCUT2D eigenvalue weighted by Gasteiger charge is -2.30. The van der Waals surface area contributed by atoms with Gasteiger partial charge in [-0.3, -0.25) is 4.79 Å². The summed E-state index contributed by atoms with van der Waals surface area (Å²) < 4.78 is 0. The van der Waals surface area contributed by atoms with Crippen LogP contribution in [0.5, 0.6) is 0 Å². The van der Waals surface area contributed by atoms with Crippen molar-refractivity contribution in [1.82, 2.24) is 4.90 Å².